The summed E-state index contributed by atoms with van der Waals surface area (Å²) in [6.07, 6.45) is 7.54. The van der Waals surface area contributed by atoms with E-state index < -0.39 is 0 Å². The lowest BCUT2D eigenvalue weighted by Crippen LogP contribution is -2.42. The number of anilines is 1. The largest absolute Gasteiger partial charge is 0.368 e. The van der Waals surface area contributed by atoms with Gasteiger partial charge in [0, 0.05) is 31.1 Å². The van der Waals surface area contributed by atoms with Crippen LogP contribution in [0.5, 0.6) is 0 Å². The minimum Gasteiger partial charge on any atom is -0.368 e. The van der Waals surface area contributed by atoms with Crippen molar-refractivity contribution in [3.05, 3.63) is 29.8 Å². The molecule has 2 unspecified atom stereocenters. The monoisotopic (exact) mass is 275 g/mol. The molecule has 0 N–H and O–H groups in total. The number of ketones is 1. The van der Waals surface area contributed by atoms with Crippen LogP contribution < -0.4 is 4.90 Å². The van der Waals surface area contributed by atoms with Crippen LogP contribution in [0.3, 0.4) is 0 Å². The molecule has 0 amide bonds. The zero-order valence-electron chi connectivity index (χ0n) is 10.4. The molecule has 1 saturated carbocycles. The molecule has 2 aromatic heterocycles. The highest BCUT2D eigenvalue weighted by Crippen LogP contribution is 2.37. The van der Waals surface area contributed by atoms with Crippen molar-refractivity contribution in [1.82, 2.24) is 9.38 Å². The van der Waals surface area contributed by atoms with Crippen LogP contribution in [0.25, 0.3) is 5.52 Å². The van der Waals surface area contributed by atoms with Crippen LogP contribution in [0, 0.1) is 11.8 Å². The Morgan fingerprint density at radius 3 is 2.74 bits per heavy atom. The van der Waals surface area contributed by atoms with Gasteiger partial charge < -0.3 is 9.30 Å². The summed E-state index contributed by atoms with van der Waals surface area (Å²) in [5.74, 6) is 0.879. The molecule has 2 aromatic rings. The molecule has 1 saturated heterocycles. The molecule has 2 atom stereocenters. The number of aromatic nitrogens is 2. The van der Waals surface area contributed by atoms with Crippen molar-refractivity contribution in [2.24, 2.45) is 11.8 Å². The van der Waals surface area contributed by atoms with E-state index in [0.717, 1.165) is 37.1 Å². The molecule has 1 aliphatic carbocycles. The van der Waals surface area contributed by atoms with E-state index in [1.54, 1.807) is 6.33 Å². The van der Waals surface area contributed by atoms with Crippen molar-refractivity contribution < 1.29 is 4.79 Å². The van der Waals surface area contributed by atoms with Crippen LogP contribution in [-0.4, -0.2) is 28.3 Å². The standard InChI is InChI=1S/C14H14ClN3O/c15-11-3-12(13-4-16-8-18(13)7-11)17-5-9-1-2-10(6-17)14(9)19/h3-4,7-10H,1-2,5-6H2. The molecule has 5 heteroatoms. The molecule has 98 valence electrons. The van der Waals surface area contributed by atoms with E-state index in [1.807, 2.05) is 22.9 Å². The number of carbonyl (C=O) groups excluding carboxylic acids is 1. The zero-order chi connectivity index (χ0) is 13.0. The Balaban J connectivity index is 1.79. The van der Waals surface area contributed by atoms with Crippen LogP contribution in [0.1, 0.15) is 12.8 Å². The van der Waals surface area contributed by atoms with Gasteiger partial charge in [-0.2, -0.15) is 0 Å². The number of hydrogen-bond donors (Lipinski definition) is 0. The van der Waals surface area contributed by atoms with Crippen molar-refractivity contribution in [2.45, 2.75) is 12.8 Å². The molecule has 4 rings (SSSR count). The first-order valence-electron chi connectivity index (χ1n) is 6.62. The Morgan fingerprint density at radius 1 is 1.26 bits per heavy atom. The van der Waals surface area contributed by atoms with E-state index in [1.165, 1.54) is 0 Å². The lowest BCUT2D eigenvalue weighted by atomic mass is 9.96. The molecule has 2 bridgehead atoms. The Bertz CT molecular complexity index is 650. The summed E-state index contributed by atoms with van der Waals surface area (Å²) in [5.41, 5.74) is 2.15. The lowest BCUT2D eigenvalue weighted by molar-refractivity contribution is -0.124. The number of hydrogen-bond acceptors (Lipinski definition) is 3. The van der Waals surface area contributed by atoms with E-state index in [2.05, 4.69) is 9.88 Å². The number of imidazole rings is 1. The van der Waals surface area contributed by atoms with Gasteiger partial charge in [0.05, 0.1) is 28.8 Å². The summed E-state index contributed by atoms with van der Waals surface area (Å²) in [6.45, 7) is 1.63. The molecular formula is C14H14ClN3O. The summed E-state index contributed by atoms with van der Waals surface area (Å²) in [7, 11) is 0. The molecule has 2 fully saturated rings. The van der Waals surface area contributed by atoms with Gasteiger partial charge in [-0.15, -0.1) is 0 Å². The van der Waals surface area contributed by atoms with E-state index >= 15 is 0 Å². The Kier molecular flexibility index (Phi) is 2.36. The third-order valence-corrected chi connectivity index (χ3v) is 4.56. The number of nitrogens with zero attached hydrogens (tertiary/aromatic N) is 3. The van der Waals surface area contributed by atoms with Gasteiger partial charge in [0.2, 0.25) is 0 Å². The number of Topliss-reactive ketones (excluding diaryl/α,β-unsaturated/α-hetero) is 1. The van der Waals surface area contributed by atoms with Gasteiger partial charge in [0.15, 0.2) is 0 Å². The van der Waals surface area contributed by atoms with Gasteiger partial charge in [-0.1, -0.05) is 11.6 Å². The van der Waals surface area contributed by atoms with Gasteiger partial charge in [-0.25, -0.2) is 4.98 Å². The van der Waals surface area contributed by atoms with Crippen LogP contribution in [0.2, 0.25) is 5.02 Å². The van der Waals surface area contributed by atoms with Gasteiger partial charge >= 0.3 is 0 Å². The topological polar surface area (TPSA) is 37.6 Å². The summed E-state index contributed by atoms with van der Waals surface area (Å²) in [5, 5.41) is 0.699. The number of halogens is 1. The second-order valence-corrected chi connectivity index (χ2v) is 5.94. The Labute approximate surface area is 116 Å². The molecule has 3 heterocycles. The summed E-state index contributed by atoms with van der Waals surface area (Å²) < 4.78 is 1.94. The molecule has 0 spiro atoms. The maximum atomic E-state index is 12.0. The third-order valence-electron chi connectivity index (χ3n) is 4.36. The van der Waals surface area contributed by atoms with Crippen LogP contribution in [-0.2, 0) is 4.79 Å². The highest BCUT2D eigenvalue weighted by molar-refractivity contribution is 6.30. The minimum absolute atomic E-state index is 0.209. The molecule has 2 aliphatic rings. The summed E-state index contributed by atoms with van der Waals surface area (Å²) >= 11 is 6.17. The first kappa shape index (κ1) is 11.3. The van der Waals surface area contributed by atoms with Crippen LogP contribution in [0.4, 0.5) is 5.69 Å². The fraction of sp³-hybridized carbons (Fsp3) is 0.429. The van der Waals surface area contributed by atoms with E-state index in [9.17, 15) is 4.79 Å². The van der Waals surface area contributed by atoms with Crippen LogP contribution in [0.15, 0.2) is 24.8 Å². The van der Waals surface area contributed by atoms with Crippen molar-refractivity contribution >= 4 is 28.6 Å². The maximum absolute atomic E-state index is 12.0. The zero-order valence-corrected chi connectivity index (χ0v) is 11.2. The number of pyridine rings is 1. The van der Waals surface area contributed by atoms with Gasteiger partial charge in [-0.3, -0.25) is 4.79 Å². The number of piperidine rings is 1. The van der Waals surface area contributed by atoms with Crippen LogP contribution >= 0.6 is 11.6 Å². The smallest absolute Gasteiger partial charge is 0.142 e. The second kappa shape index (κ2) is 3.97. The fourth-order valence-corrected chi connectivity index (χ4v) is 3.63. The van der Waals surface area contributed by atoms with E-state index in [0.29, 0.717) is 10.8 Å². The highest BCUT2D eigenvalue weighted by atomic mass is 35.5. The second-order valence-electron chi connectivity index (χ2n) is 5.51. The van der Waals surface area contributed by atoms with Gasteiger partial charge in [-0.05, 0) is 18.9 Å². The predicted octanol–water partition coefficient (Wildman–Crippen LogP) is 2.40. The van der Waals surface area contributed by atoms with E-state index in [-0.39, 0.29) is 11.8 Å². The minimum atomic E-state index is 0.209. The van der Waals surface area contributed by atoms with Crippen molar-refractivity contribution in [2.75, 3.05) is 18.0 Å². The molecule has 1 aliphatic heterocycles. The fourth-order valence-electron chi connectivity index (χ4n) is 3.42. The first-order valence-corrected chi connectivity index (χ1v) is 7.00. The number of carbonyl (C=O) groups is 1. The van der Waals surface area contributed by atoms with E-state index in [4.69, 9.17) is 11.6 Å². The first-order chi connectivity index (χ1) is 9.22. The quantitative estimate of drug-likeness (QED) is 0.802. The number of rotatable bonds is 1. The summed E-state index contributed by atoms with van der Waals surface area (Å²) in [6, 6.07) is 1.98. The molecular weight excluding hydrogens is 262 g/mol. The SMILES string of the molecule is O=C1C2CCC1CN(c1cc(Cl)cn3cncc13)C2. The molecule has 19 heavy (non-hydrogen) atoms. The van der Waals surface area contributed by atoms with Gasteiger partial charge in [0.1, 0.15) is 5.78 Å². The Morgan fingerprint density at radius 2 is 2.00 bits per heavy atom. The number of fused-ring (bicyclic) bond motifs is 3. The maximum Gasteiger partial charge on any atom is 0.142 e. The summed E-state index contributed by atoms with van der Waals surface area (Å²) in [4.78, 5) is 18.5. The molecule has 4 nitrogen and oxygen atoms in total. The normalized spacial score (nSPS) is 26.4. The van der Waals surface area contributed by atoms with Crippen molar-refractivity contribution in [3.8, 4) is 0 Å². The predicted molar refractivity (Wildman–Crippen MR) is 73.6 cm³/mol. The van der Waals surface area contributed by atoms with Gasteiger partial charge in [0.25, 0.3) is 0 Å². The highest BCUT2D eigenvalue weighted by Gasteiger charge is 2.41. The van der Waals surface area contributed by atoms with Crippen molar-refractivity contribution in [3.63, 3.8) is 0 Å². The lowest BCUT2D eigenvalue weighted by Gasteiger charge is -2.33. The average Bonchev–Trinajstić information content (AvgIpc) is 2.90. The molecule has 0 aromatic carbocycles. The van der Waals surface area contributed by atoms with Crippen molar-refractivity contribution in [1.29, 1.82) is 0 Å². The third kappa shape index (κ3) is 1.66. The Hall–Kier alpha value is -1.55. The average molecular weight is 276 g/mol. The molecule has 0 radical (unpaired) electrons.